The highest BCUT2D eigenvalue weighted by Gasteiger charge is 2.14. The minimum absolute atomic E-state index is 0.722. The van der Waals surface area contributed by atoms with Crippen LogP contribution in [-0.4, -0.2) is 14.4 Å². The molecule has 0 unspecified atom stereocenters. The second-order valence-corrected chi connectivity index (χ2v) is 6.94. The van der Waals surface area contributed by atoms with Crippen molar-refractivity contribution in [2.45, 2.75) is 6.92 Å². The van der Waals surface area contributed by atoms with Crippen LogP contribution in [0.15, 0.2) is 41.2 Å². The zero-order valence-electron chi connectivity index (χ0n) is 11.6. The predicted octanol–water partition coefficient (Wildman–Crippen LogP) is 5.22. The summed E-state index contributed by atoms with van der Waals surface area (Å²) < 4.78 is 2.08. The molecule has 0 bridgehead atoms. The molecule has 0 aliphatic carbocycles. The van der Waals surface area contributed by atoms with Gasteiger partial charge in [0.15, 0.2) is 10.1 Å². The fraction of sp³-hybridized carbons (Fsp3) is 0.0667. The van der Waals surface area contributed by atoms with Crippen LogP contribution in [0.4, 0.5) is 10.8 Å². The van der Waals surface area contributed by atoms with E-state index >= 15 is 0 Å². The second-order valence-electron chi connectivity index (χ2n) is 4.77. The summed E-state index contributed by atoms with van der Waals surface area (Å²) in [6, 6.07) is 7.58. The molecule has 1 aromatic carbocycles. The number of rotatable bonds is 3. The zero-order valence-corrected chi connectivity index (χ0v) is 14.0. The van der Waals surface area contributed by atoms with Gasteiger partial charge in [0.2, 0.25) is 0 Å². The third-order valence-electron chi connectivity index (χ3n) is 3.28. The van der Waals surface area contributed by atoms with E-state index in [-0.39, 0.29) is 0 Å². The molecule has 0 saturated carbocycles. The summed E-state index contributed by atoms with van der Waals surface area (Å²) in [6.07, 6.45) is 2.03. The molecule has 4 aromatic rings. The van der Waals surface area contributed by atoms with Gasteiger partial charge in [-0.2, -0.15) is 0 Å². The highest BCUT2D eigenvalue weighted by molar-refractivity contribution is 7.15. The molecule has 0 aliphatic heterocycles. The van der Waals surface area contributed by atoms with Crippen molar-refractivity contribution in [2.24, 2.45) is 0 Å². The maximum absolute atomic E-state index is 5.90. The van der Waals surface area contributed by atoms with Crippen LogP contribution in [0.3, 0.4) is 0 Å². The largest absolute Gasteiger partial charge is 0.332 e. The van der Waals surface area contributed by atoms with E-state index in [4.69, 9.17) is 11.6 Å². The van der Waals surface area contributed by atoms with Gasteiger partial charge in [0, 0.05) is 27.7 Å². The molecule has 3 heterocycles. The lowest BCUT2D eigenvalue weighted by Crippen LogP contribution is -1.90. The van der Waals surface area contributed by atoms with E-state index in [0.29, 0.717) is 0 Å². The van der Waals surface area contributed by atoms with Gasteiger partial charge >= 0.3 is 0 Å². The average molecular weight is 347 g/mol. The first-order valence-corrected chi connectivity index (χ1v) is 8.75. The standard InChI is InChI=1S/C15H11ClN4S2/c1-9-13(20-6-7-21-15(20)17-9)12-8-22-14(19-12)18-11-4-2-10(16)3-5-11/h2-8H,1H3,(H,18,19). The molecule has 22 heavy (non-hydrogen) atoms. The van der Waals surface area contributed by atoms with Crippen molar-refractivity contribution in [1.29, 1.82) is 0 Å². The number of nitrogens with one attached hydrogen (secondary N) is 1. The van der Waals surface area contributed by atoms with Gasteiger partial charge in [0.1, 0.15) is 5.69 Å². The highest BCUT2D eigenvalue weighted by Crippen LogP contribution is 2.31. The summed E-state index contributed by atoms with van der Waals surface area (Å²) in [5.74, 6) is 0. The van der Waals surface area contributed by atoms with Gasteiger partial charge in [-0.15, -0.1) is 22.7 Å². The van der Waals surface area contributed by atoms with E-state index in [2.05, 4.69) is 19.7 Å². The van der Waals surface area contributed by atoms with Gasteiger partial charge in [-0.25, -0.2) is 9.97 Å². The monoisotopic (exact) mass is 346 g/mol. The third kappa shape index (κ3) is 2.39. The Morgan fingerprint density at radius 2 is 1.95 bits per heavy atom. The molecule has 0 fully saturated rings. The van der Waals surface area contributed by atoms with Gasteiger partial charge < -0.3 is 5.32 Å². The Morgan fingerprint density at radius 1 is 1.14 bits per heavy atom. The number of aryl methyl sites for hydroxylation is 1. The number of benzene rings is 1. The zero-order chi connectivity index (χ0) is 15.1. The third-order valence-corrected chi connectivity index (χ3v) is 5.05. The molecule has 4 rings (SSSR count). The minimum atomic E-state index is 0.722. The van der Waals surface area contributed by atoms with E-state index in [1.54, 1.807) is 22.7 Å². The van der Waals surface area contributed by atoms with Crippen molar-refractivity contribution in [1.82, 2.24) is 14.4 Å². The maximum atomic E-state index is 5.90. The molecule has 0 radical (unpaired) electrons. The van der Waals surface area contributed by atoms with Crippen molar-refractivity contribution in [3.05, 3.63) is 51.9 Å². The highest BCUT2D eigenvalue weighted by atomic mass is 35.5. The van der Waals surface area contributed by atoms with E-state index in [0.717, 1.165) is 37.9 Å². The Balaban J connectivity index is 1.67. The molecule has 4 nitrogen and oxygen atoms in total. The first kappa shape index (κ1) is 13.8. The number of imidazole rings is 1. The molecule has 7 heteroatoms. The van der Waals surface area contributed by atoms with Crippen molar-refractivity contribution in [3.8, 4) is 11.4 Å². The van der Waals surface area contributed by atoms with Crippen molar-refractivity contribution in [3.63, 3.8) is 0 Å². The summed E-state index contributed by atoms with van der Waals surface area (Å²) in [4.78, 5) is 10.2. The lowest BCUT2D eigenvalue weighted by atomic mass is 10.3. The predicted molar refractivity (Wildman–Crippen MR) is 93.6 cm³/mol. The van der Waals surface area contributed by atoms with Crippen molar-refractivity contribution < 1.29 is 0 Å². The van der Waals surface area contributed by atoms with Crippen LogP contribution < -0.4 is 5.32 Å². The van der Waals surface area contributed by atoms with E-state index < -0.39 is 0 Å². The molecule has 3 aromatic heterocycles. The fourth-order valence-corrected chi connectivity index (χ4v) is 3.90. The van der Waals surface area contributed by atoms with Gasteiger partial charge in [0.25, 0.3) is 0 Å². The van der Waals surface area contributed by atoms with E-state index in [9.17, 15) is 0 Å². The van der Waals surface area contributed by atoms with E-state index in [1.807, 2.05) is 48.1 Å². The van der Waals surface area contributed by atoms with Gasteiger partial charge in [-0.05, 0) is 31.2 Å². The Hall–Kier alpha value is -1.89. The number of fused-ring (bicyclic) bond motifs is 1. The molecule has 110 valence electrons. The topological polar surface area (TPSA) is 42.2 Å². The van der Waals surface area contributed by atoms with Crippen LogP contribution in [-0.2, 0) is 0 Å². The first-order chi connectivity index (χ1) is 10.7. The molecule has 0 atom stereocenters. The Labute approximate surface area is 140 Å². The van der Waals surface area contributed by atoms with Crippen LogP contribution in [0.25, 0.3) is 16.3 Å². The summed E-state index contributed by atoms with van der Waals surface area (Å²) in [5, 5.41) is 8.95. The van der Waals surface area contributed by atoms with Crippen LogP contribution in [0.5, 0.6) is 0 Å². The average Bonchev–Trinajstić information content (AvgIpc) is 3.17. The lowest BCUT2D eigenvalue weighted by molar-refractivity contribution is 1.20. The number of nitrogens with zero attached hydrogens (tertiary/aromatic N) is 3. The second kappa shape index (κ2) is 5.39. The summed E-state index contributed by atoms with van der Waals surface area (Å²) >= 11 is 9.10. The van der Waals surface area contributed by atoms with Crippen LogP contribution >= 0.6 is 34.3 Å². The normalized spacial score (nSPS) is 11.2. The number of thiazole rings is 2. The number of anilines is 2. The van der Waals surface area contributed by atoms with Gasteiger partial charge in [-0.3, -0.25) is 4.40 Å². The number of aromatic nitrogens is 3. The Bertz CT molecular complexity index is 936. The van der Waals surface area contributed by atoms with Crippen LogP contribution in [0.1, 0.15) is 5.69 Å². The summed E-state index contributed by atoms with van der Waals surface area (Å²) in [6.45, 7) is 2.01. The molecular weight excluding hydrogens is 336 g/mol. The maximum Gasteiger partial charge on any atom is 0.194 e. The SMILES string of the molecule is Cc1nc2sccn2c1-c1csc(Nc2ccc(Cl)cc2)n1. The number of halogens is 1. The number of hydrogen-bond donors (Lipinski definition) is 1. The molecule has 0 aliphatic rings. The molecular formula is C15H11ClN4S2. The first-order valence-electron chi connectivity index (χ1n) is 6.61. The van der Waals surface area contributed by atoms with Crippen molar-refractivity contribution >= 4 is 50.1 Å². The summed E-state index contributed by atoms with van der Waals surface area (Å²) in [7, 11) is 0. The van der Waals surface area contributed by atoms with Crippen LogP contribution in [0, 0.1) is 6.92 Å². The van der Waals surface area contributed by atoms with Crippen molar-refractivity contribution in [2.75, 3.05) is 5.32 Å². The van der Waals surface area contributed by atoms with Crippen LogP contribution in [0.2, 0.25) is 5.02 Å². The molecule has 0 saturated heterocycles. The molecule has 0 spiro atoms. The molecule has 0 amide bonds. The van der Waals surface area contributed by atoms with E-state index in [1.165, 1.54) is 0 Å². The Kier molecular flexibility index (Phi) is 3.37. The fourth-order valence-electron chi connectivity index (χ4n) is 2.30. The summed E-state index contributed by atoms with van der Waals surface area (Å²) in [5.41, 5.74) is 3.95. The molecule has 1 N–H and O–H groups in total. The Morgan fingerprint density at radius 3 is 2.77 bits per heavy atom. The van der Waals surface area contributed by atoms with Gasteiger partial charge in [0.05, 0.1) is 11.4 Å². The smallest absolute Gasteiger partial charge is 0.194 e. The minimum Gasteiger partial charge on any atom is -0.332 e. The van der Waals surface area contributed by atoms with Gasteiger partial charge in [-0.1, -0.05) is 11.6 Å². The quantitative estimate of drug-likeness (QED) is 0.552. The number of hydrogen-bond acceptors (Lipinski definition) is 5. The lowest BCUT2D eigenvalue weighted by Gasteiger charge is -2.02.